The topological polar surface area (TPSA) is 45.5 Å². The highest BCUT2D eigenvalue weighted by molar-refractivity contribution is 7.80. The summed E-state index contributed by atoms with van der Waals surface area (Å²) in [6.45, 7) is 3.13. The van der Waals surface area contributed by atoms with Crippen molar-refractivity contribution < 1.29 is 9.21 Å². The van der Waals surface area contributed by atoms with Gasteiger partial charge in [-0.05, 0) is 24.4 Å². The average molecular weight is 224 g/mol. The van der Waals surface area contributed by atoms with E-state index in [2.05, 4.69) is 5.32 Å². The Morgan fingerprint density at radius 3 is 3.20 bits per heavy atom. The molecule has 1 saturated heterocycles. The van der Waals surface area contributed by atoms with Crippen LogP contribution in [0.15, 0.2) is 22.8 Å². The van der Waals surface area contributed by atoms with E-state index >= 15 is 0 Å². The lowest BCUT2D eigenvalue weighted by molar-refractivity contribution is -0.124. The molecule has 0 spiro atoms. The van der Waals surface area contributed by atoms with E-state index in [9.17, 15) is 4.79 Å². The lowest BCUT2D eigenvalue weighted by Gasteiger charge is -2.32. The summed E-state index contributed by atoms with van der Waals surface area (Å²) in [4.78, 5) is 13.2. The summed E-state index contributed by atoms with van der Waals surface area (Å²) < 4.78 is 5.23. The van der Waals surface area contributed by atoms with Gasteiger partial charge in [-0.3, -0.25) is 4.79 Å². The fraction of sp³-hybridized carbons (Fsp3) is 0.400. The van der Waals surface area contributed by atoms with Crippen LogP contribution in [0.5, 0.6) is 0 Å². The second-order valence-corrected chi connectivity index (χ2v) is 4.04. The van der Waals surface area contributed by atoms with Crippen molar-refractivity contribution in [3.8, 4) is 0 Å². The normalized spacial score (nSPS) is 21.7. The molecule has 1 aromatic rings. The van der Waals surface area contributed by atoms with E-state index in [0.717, 1.165) is 5.76 Å². The highest BCUT2D eigenvalue weighted by Gasteiger charge is 2.26. The van der Waals surface area contributed by atoms with E-state index in [1.807, 2.05) is 24.0 Å². The first-order chi connectivity index (χ1) is 7.16. The third-order valence-corrected chi connectivity index (χ3v) is 2.75. The van der Waals surface area contributed by atoms with Gasteiger partial charge in [-0.2, -0.15) is 0 Å². The summed E-state index contributed by atoms with van der Waals surface area (Å²) >= 11 is 5.08. The van der Waals surface area contributed by atoms with E-state index in [-0.39, 0.29) is 11.8 Å². The second-order valence-electron chi connectivity index (χ2n) is 3.66. The predicted molar refractivity (Wildman–Crippen MR) is 59.0 cm³/mol. The number of rotatable bonds is 2. The molecule has 5 heteroatoms. The van der Waals surface area contributed by atoms with Crippen molar-refractivity contribution in [2.75, 3.05) is 6.54 Å². The van der Waals surface area contributed by atoms with Crippen LogP contribution in [-0.2, 0) is 11.3 Å². The molecule has 2 rings (SSSR count). The van der Waals surface area contributed by atoms with Gasteiger partial charge in [0.2, 0.25) is 5.91 Å². The quantitative estimate of drug-likeness (QED) is 0.765. The van der Waals surface area contributed by atoms with Crippen LogP contribution in [0.2, 0.25) is 0 Å². The van der Waals surface area contributed by atoms with E-state index in [1.165, 1.54) is 0 Å². The molecule has 1 fully saturated rings. The number of nitrogens with zero attached hydrogens (tertiary/aromatic N) is 1. The van der Waals surface area contributed by atoms with Crippen molar-refractivity contribution in [3.05, 3.63) is 24.2 Å². The SMILES string of the molecule is C[C@@H]1CN(Cc2ccco2)C(=S)NC1=O. The zero-order chi connectivity index (χ0) is 10.8. The number of amides is 1. The minimum Gasteiger partial charge on any atom is -0.467 e. The molecule has 0 unspecified atom stereocenters. The Morgan fingerprint density at radius 2 is 2.53 bits per heavy atom. The molecule has 1 aliphatic heterocycles. The van der Waals surface area contributed by atoms with Gasteiger partial charge in [0.25, 0.3) is 0 Å². The molecular weight excluding hydrogens is 212 g/mol. The average Bonchev–Trinajstić information content (AvgIpc) is 2.67. The highest BCUT2D eigenvalue weighted by atomic mass is 32.1. The Labute approximate surface area is 93.2 Å². The zero-order valence-corrected chi connectivity index (χ0v) is 9.21. The molecule has 1 N–H and O–H groups in total. The molecule has 0 radical (unpaired) electrons. The van der Waals surface area contributed by atoms with Crippen molar-refractivity contribution in [3.63, 3.8) is 0 Å². The molecule has 1 atom stereocenters. The fourth-order valence-corrected chi connectivity index (χ4v) is 1.77. The van der Waals surface area contributed by atoms with Gasteiger partial charge < -0.3 is 14.6 Å². The Kier molecular flexibility index (Phi) is 2.73. The van der Waals surface area contributed by atoms with Crippen molar-refractivity contribution in [2.24, 2.45) is 5.92 Å². The lowest BCUT2D eigenvalue weighted by Crippen LogP contribution is -2.52. The van der Waals surface area contributed by atoms with Crippen molar-refractivity contribution in [1.29, 1.82) is 0 Å². The van der Waals surface area contributed by atoms with Crippen LogP contribution < -0.4 is 5.32 Å². The summed E-state index contributed by atoms with van der Waals surface area (Å²) in [6.07, 6.45) is 1.63. The minimum atomic E-state index is -0.0355. The van der Waals surface area contributed by atoms with Gasteiger partial charge in [0.1, 0.15) is 5.76 Å². The van der Waals surface area contributed by atoms with Crippen LogP contribution in [0.1, 0.15) is 12.7 Å². The van der Waals surface area contributed by atoms with E-state index in [4.69, 9.17) is 16.6 Å². The summed E-state index contributed by atoms with van der Waals surface area (Å²) in [7, 11) is 0. The number of hydrogen-bond donors (Lipinski definition) is 1. The van der Waals surface area contributed by atoms with E-state index in [1.54, 1.807) is 6.26 Å². The van der Waals surface area contributed by atoms with Gasteiger partial charge in [0, 0.05) is 6.54 Å². The van der Waals surface area contributed by atoms with Crippen LogP contribution in [0, 0.1) is 5.92 Å². The van der Waals surface area contributed by atoms with Crippen LogP contribution in [0.3, 0.4) is 0 Å². The molecular formula is C10H12N2O2S. The Hall–Kier alpha value is -1.36. The van der Waals surface area contributed by atoms with Crippen molar-refractivity contribution in [1.82, 2.24) is 10.2 Å². The highest BCUT2D eigenvalue weighted by Crippen LogP contribution is 2.12. The molecule has 1 aromatic heterocycles. The first-order valence-electron chi connectivity index (χ1n) is 4.79. The maximum atomic E-state index is 11.3. The Balaban J connectivity index is 2.03. The standard InChI is InChI=1S/C10H12N2O2S/c1-7-5-12(10(15)11-9(7)13)6-8-3-2-4-14-8/h2-4,7H,5-6H2,1H3,(H,11,13,15)/t7-/m1/s1. The van der Waals surface area contributed by atoms with Crippen molar-refractivity contribution in [2.45, 2.75) is 13.5 Å². The molecule has 80 valence electrons. The van der Waals surface area contributed by atoms with Crippen LogP contribution in [-0.4, -0.2) is 22.5 Å². The van der Waals surface area contributed by atoms with Gasteiger partial charge >= 0.3 is 0 Å². The third-order valence-electron chi connectivity index (χ3n) is 2.39. The molecule has 1 amide bonds. The number of carbonyl (C=O) groups is 1. The Bertz CT molecular complexity index is 375. The number of carbonyl (C=O) groups excluding carboxylic acids is 1. The first kappa shape index (κ1) is 10.2. The molecule has 2 heterocycles. The summed E-state index contributed by atoms with van der Waals surface area (Å²) in [5.74, 6) is 0.808. The molecule has 0 aromatic carbocycles. The maximum absolute atomic E-state index is 11.3. The lowest BCUT2D eigenvalue weighted by atomic mass is 10.1. The van der Waals surface area contributed by atoms with Gasteiger partial charge in [-0.1, -0.05) is 6.92 Å². The number of nitrogens with one attached hydrogen (secondary N) is 1. The third kappa shape index (κ3) is 2.18. The first-order valence-corrected chi connectivity index (χ1v) is 5.20. The molecule has 0 saturated carbocycles. The van der Waals surface area contributed by atoms with Gasteiger partial charge in [0.15, 0.2) is 5.11 Å². The van der Waals surface area contributed by atoms with E-state index in [0.29, 0.717) is 18.2 Å². The van der Waals surface area contributed by atoms with Gasteiger partial charge in [0.05, 0.1) is 18.7 Å². The van der Waals surface area contributed by atoms with Gasteiger partial charge in [-0.15, -0.1) is 0 Å². The number of hydrogen-bond acceptors (Lipinski definition) is 3. The molecule has 15 heavy (non-hydrogen) atoms. The monoisotopic (exact) mass is 224 g/mol. The molecule has 0 bridgehead atoms. The zero-order valence-electron chi connectivity index (χ0n) is 8.40. The smallest absolute Gasteiger partial charge is 0.230 e. The summed E-state index contributed by atoms with van der Waals surface area (Å²) in [5.41, 5.74) is 0. The fourth-order valence-electron chi connectivity index (χ4n) is 1.53. The van der Waals surface area contributed by atoms with Crippen LogP contribution in [0.4, 0.5) is 0 Å². The predicted octanol–water partition coefficient (Wildman–Crippen LogP) is 1.13. The Morgan fingerprint density at radius 1 is 1.73 bits per heavy atom. The molecule has 1 aliphatic rings. The minimum absolute atomic E-state index is 0.00399. The summed E-state index contributed by atoms with van der Waals surface area (Å²) in [5, 5.41) is 3.15. The van der Waals surface area contributed by atoms with E-state index < -0.39 is 0 Å². The summed E-state index contributed by atoms with van der Waals surface area (Å²) in [6, 6.07) is 3.73. The maximum Gasteiger partial charge on any atom is 0.230 e. The number of thiocarbonyl (C=S) groups is 1. The molecule has 0 aliphatic carbocycles. The van der Waals surface area contributed by atoms with Gasteiger partial charge in [-0.25, -0.2) is 0 Å². The number of furan rings is 1. The van der Waals surface area contributed by atoms with Crippen molar-refractivity contribution >= 4 is 23.2 Å². The van der Waals surface area contributed by atoms with Crippen LogP contribution >= 0.6 is 12.2 Å². The largest absolute Gasteiger partial charge is 0.467 e. The molecule has 4 nitrogen and oxygen atoms in total. The van der Waals surface area contributed by atoms with Crippen LogP contribution in [0.25, 0.3) is 0 Å². The second kappa shape index (κ2) is 4.02.